The molecule has 0 saturated carbocycles. The van der Waals surface area contributed by atoms with E-state index in [0.717, 1.165) is 12.2 Å². The van der Waals surface area contributed by atoms with Crippen LogP contribution in [0.15, 0.2) is 70.3 Å². The number of nitrogens with one attached hydrogen (secondary N) is 2. The number of hydrogen-bond donors (Lipinski definition) is 2. The molecule has 0 fully saturated rings. The quantitative estimate of drug-likeness (QED) is 0.683. The Balaban J connectivity index is 1.62. The van der Waals surface area contributed by atoms with E-state index in [9.17, 15) is 8.42 Å². The summed E-state index contributed by atoms with van der Waals surface area (Å²) in [6.45, 7) is 2.79. The van der Waals surface area contributed by atoms with Gasteiger partial charge in [-0.05, 0) is 48.2 Å². The van der Waals surface area contributed by atoms with Crippen LogP contribution in [0.1, 0.15) is 11.1 Å². The summed E-state index contributed by atoms with van der Waals surface area (Å²) in [5.74, 6) is 0. The van der Waals surface area contributed by atoms with Crippen LogP contribution in [0.2, 0.25) is 0 Å². The summed E-state index contributed by atoms with van der Waals surface area (Å²) < 4.78 is 27.2. The van der Waals surface area contributed by atoms with Gasteiger partial charge < -0.3 is 5.32 Å². The molecule has 0 aliphatic heterocycles. The number of rotatable bonds is 6. The van der Waals surface area contributed by atoms with E-state index in [0.29, 0.717) is 9.90 Å². The van der Waals surface area contributed by atoms with Gasteiger partial charge in [-0.25, -0.2) is 8.42 Å². The highest BCUT2D eigenvalue weighted by Crippen LogP contribution is 2.21. The number of thiophene rings is 1. The summed E-state index contributed by atoms with van der Waals surface area (Å²) in [6.07, 6.45) is 0. The molecular weight excluding hydrogens is 340 g/mol. The van der Waals surface area contributed by atoms with Gasteiger partial charge in [0.25, 0.3) is 10.0 Å². The predicted molar refractivity (Wildman–Crippen MR) is 100 cm³/mol. The maximum atomic E-state index is 12.2. The molecule has 0 bridgehead atoms. The van der Waals surface area contributed by atoms with Gasteiger partial charge in [0.2, 0.25) is 0 Å². The topological polar surface area (TPSA) is 58.2 Å². The van der Waals surface area contributed by atoms with Crippen LogP contribution in [0.5, 0.6) is 0 Å². The van der Waals surface area contributed by atoms with E-state index in [1.54, 1.807) is 29.6 Å². The molecule has 1 heterocycles. The van der Waals surface area contributed by atoms with Gasteiger partial charge in [-0.3, -0.25) is 4.72 Å². The van der Waals surface area contributed by atoms with Crippen molar-refractivity contribution in [2.24, 2.45) is 0 Å². The molecule has 124 valence electrons. The Morgan fingerprint density at radius 1 is 0.917 bits per heavy atom. The Bertz CT molecular complexity index is 885. The van der Waals surface area contributed by atoms with Crippen LogP contribution in [-0.4, -0.2) is 8.42 Å². The normalized spacial score (nSPS) is 11.2. The Morgan fingerprint density at radius 3 is 2.21 bits per heavy atom. The van der Waals surface area contributed by atoms with Crippen molar-refractivity contribution in [2.45, 2.75) is 17.7 Å². The second kappa shape index (κ2) is 7.07. The minimum absolute atomic E-state index is 0.309. The van der Waals surface area contributed by atoms with Crippen LogP contribution in [0, 0.1) is 6.92 Å². The number of hydrogen-bond acceptors (Lipinski definition) is 4. The Kier molecular flexibility index (Phi) is 4.87. The summed E-state index contributed by atoms with van der Waals surface area (Å²) in [7, 11) is -3.49. The molecule has 6 heteroatoms. The molecule has 24 heavy (non-hydrogen) atoms. The van der Waals surface area contributed by atoms with E-state index < -0.39 is 10.0 Å². The molecular formula is C18H18N2O2S2. The molecule has 4 nitrogen and oxygen atoms in total. The number of benzene rings is 2. The molecule has 1 aromatic heterocycles. The first kappa shape index (κ1) is 16.5. The molecule has 0 aliphatic rings. The van der Waals surface area contributed by atoms with Crippen LogP contribution in [-0.2, 0) is 16.6 Å². The van der Waals surface area contributed by atoms with Crippen molar-refractivity contribution in [3.8, 4) is 0 Å². The van der Waals surface area contributed by atoms with Gasteiger partial charge in [-0.1, -0.05) is 35.9 Å². The largest absolute Gasteiger partial charge is 0.381 e. The van der Waals surface area contributed by atoms with Crippen LogP contribution >= 0.6 is 11.3 Å². The van der Waals surface area contributed by atoms with Gasteiger partial charge in [-0.15, -0.1) is 11.3 Å². The molecule has 3 aromatic rings. The molecule has 3 rings (SSSR count). The first-order valence-electron chi connectivity index (χ1n) is 7.49. The molecule has 0 aliphatic carbocycles. The fourth-order valence-corrected chi connectivity index (χ4v) is 4.24. The molecule has 0 amide bonds. The highest BCUT2D eigenvalue weighted by atomic mass is 32.2. The van der Waals surface area contributed by atoms with Gasteiger partial charge in [-0.2, -0.15) is 0 Å². The summed E-state index contributed by atoms with van der Waals surface area (Å²) in [5, 5.41) is 5.07. The average molecular weight is 358 g/mol. The monoisotopic (exact) mass is 358 g/mol. The van der Waals surface area contributed by atoms with Crippen LogP contribution < -0.4 is 10.0 Å². The van der Waals surface area contributed by atoms with Crippen molar-refractivity contribution in [3.63, 3.8) is 0 Å². The fraction of sp³-hybridized carbons (Fsp3) is 0.111. The highest BCUT2D eigenvalue weighted by molar-refractivity contribution is 7.94. The molecule has 2 aromatic carbocycles. The van der Waals surface area contributed by atoms with Crippen molar-refractivity contribution >= 4 is 32.7 Å². The van der Waals surface area contributed by atoms with E-state index in [-0.39, 0.29) is 0 Å². The summed E-state index contributed by atoms with van der Waals surface area (Å²) in [6, 6.07) is 18.9. The Morgan fingerprint density at radius 2 is 1.58 bits per heavy atom. The summed E-state index contributed by atoms with van der Waals surface area (Å²) in [4.78, 5) is 0. The van der Waals surface area contributed by atoms with E-state index in [2.05, 4.69) is 41.2 Å². The van der Waals surface area contributed by atoms with Crippen LogP contribution in [0.3, 0.4) is 0 Å². The third kappa shape index (κ3) is 4.15. The molecule has 0 spiro atoms. The first-order valence-corrected chi connectivity index (χ1v) is 9.85. The SMILES string of the molecule is Cc1ccc(CNc2ccc(NS(=O)(=O)c3cccs3)cc2)cc1. The van der Waals surface area contributed by atoms with Gasteiger partial charge in [0, 0.05) is 17.9 Å². The van der Waals surface area contributed by atoms with Gasteiger partial charge in [0.15, 0.2) is 0 Å². The average Bonchev–Trinajstić information content (AvgIpc) is 3.11. The summed E-state index contributed by atoms with van der Waals surface area (Å²) in [5.41, 5.74) is 3.92. The first-order chi connectivity index (χ1) is 11.5. The minimum atomic E-state index is -3.49. The molecule has 2 N–H and O–H groups in total. The van der Waals surface area contributed by atoms with E-state index in [1.807, 2.05) is 12.1 Å². The Labute approximate surface area is 146 Å². The predicted octanol–water partition coefficient (Wildman–Crippen LogP) is 4.47. The maximum absolute atomic E-state index is 12.2. The van der Waals surface area contributed by atoms with Gasteiger partial charge in [0.1, 0.15) is 4.21 Å². The van der Waals surface area contributed by atoms with Crippen molar-refractivity contribution in [2.75, 3.05) is 10.0 Å². The molecule has 0 atom stereocenters. The fourth-order valence-electron chi connectivity index (χ4n) is 2.19. The third-order valence-corrected chi connectivity index (χ3v) is 6.29. The van der Waals surface area contributed by atoms with Crippen molar-refractivity contribution in [1.82, 2.24) is 0 Å². The number of sulfonamides is 1. The smallest absolute Gasteiger partial charge is 0.271 e. The molecule has 0 saturated heterocycles. The zero-order chi connectivity index (χ0) is 17.0. The zero-order valence-corrected chi connectivity index (χ0v) is 14.8. The van der Waals surface area contributed by atoms with E-state index in [1.165, 1.54) is 22.5 Å². The minimum Gasteiger partial charge on any atom is -0.381 e. The maximum Gasteiger partial charge on any atom is 0.271 e. The van der Waals surface area contributed by atoms with Crippen molar-refractivity contribution < 1.29 is 8.42 Å². The van der Waals surface area contributed by atoms with Gasteiger partial charge in [0.05, 0.1) is 0 Å². The number of aryl methyl sites for hydroxylation is 1. The lowest BCUT2D eigenvalue weighted by molar-refractivity contribution is 0.603. The molecule has 0 radical (unpaired) electrons. The lowest BCUT2D eigenvalue weighted by atomic mass is 10.1. The van der Waals surface area contributed by atoms with Crippen LogP contribution in [0.25, 0.3) is 0 Å². The molecule has 0 unspecified atom stereocenters. The second-order valence-corrected chi connectivity index (χ2v) is 8.31. The zero-order valence-electron chi connectivity index (χ0n) is 13.2. The summed E-state index contributed by atoms with van der Waals surface area (Å²) >= 11 is 1.20. The van der Waals surface area contributed by atoms with Crippen LogP contribution in [0.4, 0.5) is 11.4 Å². The van der Waals surface area contributed by atoms with Crippen molar-refractivity contribution in [1.29, 1.82) is 0 Å². The highest BCUT2D eigenvalue weighted by Gasteiger charge is 2.14. The second-order valence-electron chi connectivity index (χ2n) is 5.45. The van der Waals surface area contributed by atoms with Crippen molar-refractivity contribution in [3.05, 3.63) is 77.2 Å². The lowest BCUT2D eigenvalue weighted by Gasteiger charge is -2.09. The lowest BCUT2D eigenvalue weighted by Crippen LogP contribution is -2.11. The number of anilines is 2. The van der Waals surface area contributed by atoms with Gasteiger partial charge >= 0.3 is 0 Å². The Hall–Kier alpha value is -2.31. The van der Waals surface area contributed by atoms with E-state index >= 15 is 0 Å². The standard InChI is InChI=1S/C18H18N2O2S2/c1-14-4-6-15(7-5-14)13-19-16-8-10-17(11-9-16)20-24(21,22)18-3-2-12-23-18/h2-12,19-20H,13H2,1H3. The van der Waals surface area contributed by atoms with E-state index in [4.69, 9.17) is 0 Å². The third-order valence-electron chi connectivity index (χ3n) is 3.51.